The van der Waals surface area contributed by atoms with Crippen molar-refractivity contribution < 1.29 is 14.7 Å². The van der Waals surface area contributed by atoms with E-state index < -0.39 is 12.0 Å². The lowest BCUT2D eigenvalue weighted by Gasteiger charge is -2.33. The molecule has 6 nitrogen and oxygen atoms in total. The van der Waals surface area contributed by atoms with Crippen molar-refractivity contribution in [1.29, 1.82) is 0 Å². The molecule has 2 N–H and O–H groups in total. The van der Waals surface area contributed by atoms with Crippen molar-refractivity contribution in [3.8, 4) is 0 Å². The van der Waals surface area contributed by atoms with E-state index in [1.54, 1.807) is 24.5 Å². The molecule has 2 heterocycles. The van der Waals surface area contributed by atoms with Crippen LogP contribution in [0.5, 0.6) is 0 Å². The molecule has 0 saturated carbocycles. The quantitative estimate of drug-likeness (QED) is 0.755. The van der Waals surface area contributed by atoms with Gasteiger partial charge in [-0.15, -0.1) is 0 Å². The first-order valence-corrected chi connectivity index (χ1v) is 5.80. The van der Waals surface area contributed by atoms with Crippen LogP contribution in [0.25, 0.3) is 0 Å². The van der Waals surface area contributed by atoms with E-state index in [1.807, 2.05) is 0 Å². The maximum atomic E-state index is 12.1. The van der Waals surface area contributed by atoms with E-state index in [9.17, 15) is 9.59 Å². The van der Waals surface area contributed by atoms with Gasteiger partial charge in [0, 0.05) is 32.0 Å². The Labute approximate surface area is 105 Å². The molecule has 1 amide bonds. The molecular weight excluding hydrogens is 234 g/mol. The SMILES string of the molecule is O=C(O)C1CNCCN1C(=O)Cc1ccncc1. The zero-order valence-corrected chi connectivity index (χ0v) is 9.87. The van der Waals surface area contributed by atoms with Crippen molar-refractivity contribution in [1.82, 2.24) is 15.2 Å². The number of amides is 1. The minimum atomic E-state index is -0.967. The molecule has 0 aromatic carbocycles. The van der Waals surface area contributed by atoms with Gasteiger partial charge in [-0.25, -0.2) is 4.79 Å². The molecule has 1 unspecified atom stereocenters. The summed E-state index contributed by atoms with van der Waals surface area (Å²) >= 11 is 0. The monoisotopic (exact) mass is 249 g/mol. The number of piperazine rings is 1. The third kappa shape index (κ3) is 2.84. The fourth-order valence-corrected chi connectivity index (χ4v) is 2.00. The average Bonchev–Trinajstić information content (AvgIpc) is 2.40. The summed E-state index contributed by atoms with van der Waals surface area (Å²) in [7, 11) is 0. The van der Waals surface area contributed by atoms with Gasteiger partial charge in [0.15, 0.2) is 0 Å². The van der Waals surface area contributed by atoms with Crippen molar-refractivity contribution in [2.75, 3.05) is 19.6 Å². The fourth-order valence-electron chi connectivity index (χ4n) is 2.00. The number of hydrogen-bond acceptors (Lipinski definition) is 4. The Morgan fingerprint density at radius 3 is 2.83 bits per heavy atom. The van der Waals surface area contributed by atoms with E-state index in [-0.39, 0.29) is 12.3 Å². The van der Waals surface area contributed by atoms with E-state index in [4.69, 9.17) is 5.11 Å². The maximum Gasteiger partial charge on any atom is 0.327 e. The Kier molecular flexibility index (Phi) is 3.88. The van der Waals surface area contributed by atoms with Crippen LogP contribution in [0.3, 0.4) is 0 Å². The molecule has 0 radical (unpaired) electrons. The third-order valence-corrected chi connectivity index (χ3v) is 2.95. The van der Waals surface area contributed by atoms with Gasteiger partial charge in [-0.2, -0.15) is 0 Å². The van der Waals surface area contributed by atoms with Crippen LogP contribution in [0.1, 0.15) is 5.56 Å². The molecular formula is C12H15N3O3. The lowest BCUT2D eigenvalue weighted by atomic mass is 10.1. The van der Waals surface area contributed by atoms with Gasteiger partial charge in [-0.3, -0.25) is 9.78 Å². The average molecular weight is 249 g/mol. The topological polar surface area (TPSA) is 82.5 Å². The molecule has 6 heteroatoms. The number of rotatable bonds is 3. The first-order valence-electron chi connectivity index (χ1n) is 5.80. The molecule has 1 fully saturated rings. The predicted molar refractivity (Wildman–Crippen MR) is 63.9 cm³/mol. The van der Waals surface area contributed by atoms with Crippen molar-refractivity contribution in [2.45, 2.75) is 12.5 Å². The number of aromatic nitrogens is 1. The maximum absolute atomic E-state index is 12.1. The summed E-state index contributed by atoms with van der Waals surface area (Å²) in [5.41, 5.74) is 0.845. The largest absolute Gasteiger partial charge is 0.480 e. The van der Waals surface area contributed by atoms with Crippen LogP contribution in [0.2, 0.25) is 0 Å². The molecule has 18 heavy (non-hydrogen) atoms. The van der Waals surface area contributed by atoms with Crippen LogP contribution in [0.4, 0.5) is 0 Å². The van der Waals surface area contributed by atoms with Gasteiger partial charge in [0.05, 0.1) is 6.42 Å². The summed E-state index contributed by atoms with van der Waals surface area (Å²) in [4.78, 5) is 28.5. The highest BCUT2D eigenvalue weighted by Crippen LogP contribution is 2.08. The van der Waals surface area contributed by atoms with E-state index in [0.29, 0.717) is 19.6 Å². The molecule has 96 valence electrons. The van der Waals surface area contributed by atoms with Gasteiger partial charge < -0.3 is 15.3 Å². The minimum absolute atomic E-state index is 0.157. The van der Waals surface area contributed by atoms with Gasteiger partial charge in [0.1, 0.15) is 6.04 Å². The standard InChI is InChI=1S/C12H15N3O3/c16-11(7-9-1-3-13-4-2-9)15-6-5-14-8-10(15)12(17)18/h1-4,10,14H,5-8H2,(H,17,18). The second kappa shape index (κ2) is 5.59. The van der Waals surface area contributed by atoms with Crippen LogP contribution in [0.15, 0.2) is 24.5 Å². The molecule has 1 aliphatic heterocycles. The molecule has 2 rings (SSSR count). The Hall–Kier alpha value is -1.95. The van der Waals surface area contributed by atoms with E-state index in [0.717, 1.165) is 5.56 Å². The van der Waals surface area contributed by atoms with Crippen LogP contribution in [0, 0.1) is 0 Å². The Morgan fingerprint density at radius 1 is 1.44 bits per heavy atom. The van der Waals surface area contributed by atoms with Crippen LogP contribution < -0.4 is 5.32 Å². The first kappa shape index (κ1) is 12.5. The molecule has 0 aliphatic carbocycles. The summed E-state index contributed by atoms with van der Waals surface area (Å²) in [6, 6.07) is 2.75. The number of nitrogens with one attached hydrogen (secondary N) is 1. The smallest absolute Gasteiger partial charge is 0.327 e. The normalized spacial score (nSPS) is 19.6. The molecule has 1 aromatic heterocycles. The Balaban J connectivity index is 2.05. The van der Waals surface area contributed by atoms with E-state index >= 15 is 0 Å². The summed E-state index contributed by atoms with van der Waals surface area (Å²) in [5, 5.41) is 12.1. The summed E-state index contributed by atoms with van der Waals surface area (Å²) in [6.07, 6.45) is 3.45. The Morgan fingerprint density at radius 2 is 2.17 bits per heavy atom. The fraction of sp³-hybridized carbons (Fsp3) is 0.417. The predicted octanol–water partition coefficient (Wildman–Crippen LogP) is -0.491. The summed E-state index contributed by atoms with van der Waals surface area (Å²) < 4.78 is 0. The number of carboxylic acids is 1. The van der Waals surface area contributed by atoms with Gasteiger partial charge in [0.25, 0.3) is 0 Å². The number of aliphatic carboxylic acids is 1. The molecule has 1 aliphatic rings. The first-order chi connectivity index (χ1) is 8.68. The lowest BCUT2D eigenvalue weighted by molar-refractivity contribution is -0.150. The third-order valence-electron chi connectivity index (χ3n) is 2.95. The van der Waals surface area contributed by atoms with Crippen LogP contribution in [-0.2, 0) is 16.0 Å². The zero-order valence-electron chi connectivity index (χ0n) is 9.87. The summed E-state index contributed by atoms with van der Waals surface area (Å²) in [6.45, 7) is 1.37. The molecule has 1 aromatic rings. The van der Waals surface area contributed by atoms with Crippen LogP contribution >= 0.6 is 0 Å². The number of carboxylic acid groups (broad SMARTS) is 1. The molecule has 1 saturated heterocycles. The highest BCUT2D eigenvalue weighted by atomic mass is 16.4. The highest BCUT2D eigenvalue weighted by Gasteiger charge is 2.31. The Bertz CT molecular complexity index is 435. The van der Waals surface area contributed by atoms with Crippen molar-refractivity contribution in [3.63, 3.8) is 0 Å². The molecule has 1 atom stereocenters. The van der Waals surface area contributed by atoms with Gasteiger partial charge in [-0.05, 0) is 17.7 Å². The van der Waals surface area contributed by atoms with Crippen molar-refractivity contribution >= 4 is 11.9 Å². The number of carbonyl (C=O) groups excluding carboxylic acids is 1. The van der Waals surface area contributed by atoms with Gasteiger partial charge in [-0.1, -0.05) is 0 Å². The van der Waals surface area contributed by atoms with Gasteiger partial charge >= 0.3 is 5.97 Å². The zero-order chi connectivity index (χ0) is 13.0. The van der Waals surface area contributed by atoms with E-state index in [2.05, 4.69) is 10.3 Å². The molecule has 0 spiro atoms. The number of nitrogens with zero attached hydrogens (tertiary/aromatic N) is 2. The van der Waals surface area contributed by atoms with Crippen molar-refractivity contribution in [3.05, 3.63) is 30.1 Å². The second-order valence-corrected chi connectivity index (χ2v) is 4.18. The minimum Gasteiger partial charge on any atom is -0.480 e. The van der Waals surface area contributed by atoms with Gasteiger partial charge in [0.2, 0.25) is 5.91 Å². The number of pyridine rings is 1. The van der Waals surface area contributed by atoms with E-state index in [1.165, 1.54) is 4.90 Å². The second-order valence-electron chi connectivity index (χ2n) is 4.18. The lowest BCUT2D eigenvalue weighted by Crippen LogP contribution is -2.57. The number of carbonyl (C=O) groups is 2. The number of hydrogen-bond donors (Lipinski definition) is 2. The van der Waals surface area contributed by atoms with Crippen LogP contribution in [-0.4, -0.2) is 52.5 Å². The molecule has 0 bridgehead atoms. The highest BCUT2D eigenvalue weighted by molar-refractivity contribution is 5.85. The van der Waals surface area contributed by atoms with Crippen molar-refractivity contribution in [2.24, 2.45) is 0 Å². The summed E-state index contributed by atoms with van der Waals surface area (Å²) in [5.74, 6) is -1.12.